The zero-order chi connectivity index (χ0) is 16.7. The molecule has 0 unspecified atom stereocenters. The van der Waals surface area contributed by atoms with Crippen LogP contribution in [-0.2, 0) is 0 Å². The van der Waals surface area contributed by atoms with E-state index in [-0.39, 0.29) is 0 Å². The second-order valence-electron chi connectivity index (χ2n) is 5.36. The highest BCUT2D eigenvalue weighted by atomic mass is 35.5. The number of methoxy groups -OCH3 is 1. The van der Waals surface area contributed by atoms with E-state index in [2.05, 4.69) is 57.2 Å². The molecule has 0 fully saturated rings. The maximum Gasteiger partial charge on any atom is 0.123 e. The number of hydrogen-bond donors (Lipinski definition) is 0. The van der Waals surface area contributed by atoms with Gasteiger partial charge in [-0.25, -0.2) is 0 Å². The third-order valence-corrected chi connectivity index (χ3v) is 4.07. The Morgan fingerprint density at radius 1 is 1.09 bits per heavy atom. The van der Waals surface area contributed by atoms with E-state index in [1.807, 2.05) is 19.9 Å². The van der Waals surface area contributed by atoms with E-state index in [1.165, 1.54) is 11.1 Å². The normalized spacial score (nSPS) is 13.4. The van der Waals surface area contributed by atoms with Gasteiger partial charge in [0.05, 0.1) is 12.1 Å². The van der Waals surface area contributed by atoms with Crippen LogP contribution in [0.25, 0.3) is 6.08 Å². The molecule has 1 rings (SSSR count). The van der Waals surface area contributed by atoms with E-state index in [4.69, 9.17) is 16.3 Å². The lowest BCUT2D eigenvalue weighted by atomic mass is 10.0. The Kier molecular flexibility index (Phi) is 7.20. The predicted octanol–water partition coefficient (Wildman–Crippen LogP) is 6.45. The first kappa shape index (κ1) is 18.3. The minimum absolute atomic E-state index is 0.712. The number of benzene rings is 1. The minimum atomic E-state index is 0.712. The second-order valence-corrected chi connectivity index (χ2v) is 5.77. The summed E-state index contributed by atoms with van der Waals surface area (Å²) in [6.45, 7) is 10.3. The molecule has 0 aliphatic rings. The molecule has 0 saturated carbocycles. The van der Waals surface area contributed by atoms with Crippen molar-refractivity contribution in [1.82, 2.24) is 0 Å². The van der Waals surface area contributed by atoms with Gasteiger partial charge in [0.2, 0.25) is 0 Å². The lowest BCUT2D eigenvalue weighted by Crippen LogP contribution is -1.94. The topological polar surface area (TPSA) is 9.23 Å². The number of ether oxygens (including phenoxy) is 1. The molecule has 0 aliphatic heterocycles. The van der Waals surface area contributed by atoms with E-state index in [1.54, 1.807) is 7.11 Å². The summed E-state index contributed by atoms with van der Waals surface area (Å²) < 4.78 is 5.34. The smallest absolute Gasteiger partial charge is 0.123 e. The molecule has 0 aromatic heterocycles. The van der Waals surface area contributed by atoms with Crippen LogP contribution in [0.5, 0.6) is 5.75 Å². The largest absolute Gasteiger partial charge is 0.496 e. The monoisotopic (exact) mass is 316 g/mol. The molecule has 0 amide bonds. The fourth-order valence-corrected chi connectivity index (χ4v) is 2.31. The maximum absolute atomic E-state index is 6.36. The van der Waals surface area contributed by atoms with Gasteiger partial charge < -0.3 is 4.74 Å². The lowest BCUT2D eigenvalue weighted by molar-refractivity contribution is 0.411. The molecule has 1 aromatic carbocycles. The molecule has 118 valence electrons. The Labute approximate surface area is 139 Å². The van der Waals surface area contributed by atoms with E-state index < -0.39 is 0 Å². The van der Waals surface area contributed by atoms with Crippen LogP contribution >= 0.6 is 11.6 Å². The fraction of sp³-hybridized carbons (Fsp3) is 0.300. The van der Waals surface area contributed by atoms with Gasteiger partial charge in [-0.15, -0.1) is 0 Å². The summed E-state index contributed by atoms with van der Waals surface area (Å²) in [5.41, 5.74) is 5.73. The average molecular weight is 317 g/mol. The predicted molar refractivity (Wildman–Crippen MR) is 98.8 cm³/mol. The Bertz CT molecular complexity index is 646. The van der Waals surface area contributed by atoms with Crippen LogP contribution < -0.4 is 4.74 Å². The van der Waals surface area contributed by atoms with E-state index >= 15 is 0 Å². The maximum atomic E-state index is 6.36. The Hall–Kier alpha value is -1.73. The highest BCUT2D eigenvalue weighted by Crippen LogP contribution is 2.31. The van der Waals surface area contributed by atoms with Gasteiger partial charge in [-0.3, -0.25) is 0 Å². The van der Waals surface area contributed by atoms with Gasteiger partial charge in [-0.1, -0.05) is 59.2 Å². The third-order valence-electron chi connectivity index (χ3n) is 3.76. The molecule has 0 bridgehead atoms. The number of allylic oxidation sites excluding steroid dienone is 7. The molecule has 1 nitrogen and oxygen atoms in total. The number of halogens is 1. The Morgan fingerprint density at radius 3 is 2.36 bits per heavy atom. The number of hydrogen-bond acceptors (Lipinski definition) is 1. The van der Waals surface area contributed by atoms with Crippen LogP contribution in [0.4, 0.5) is 0 Å². The molecule has 22 heavy (non-hydrogen) atoms. The lowest BCUT2D eigenvalue weighted by Gasteiger charge is -2.12. The van der Waals surface area contributed by atoms with Gasteiger partial charge in [0.15, 0.2) is 0 Å². The minimum Gasteiger partial charge on any atom is -0.496 e. The van der Waals surface area contributed by atoms with Crippen LogP contribution in [0.1, 0.15) is 37.5 Å². The van der Waals surface area contributed by atoms with Crippen molar-refractivity contribution >= 4 is 17.7 Å². The molecule has 0 saturated heterocycles. The zero-order valence-electron chi connectivity index (χ0n) is 14.3. The molecule has 0 spiro atoms. The summed E-state index contributed by atoms with van der Waals surface area (Å²) in [4.78, 5) is 0. The van der Waals surface area contributed by atoms with Crippen molar-refractivity contribution in [2.24, 2.45) is 0 Å². The standard InChI is InChI=1S/C20H25ClO/c1-7-14(2)9-8-10-15(3)11-12-18-16(4)17(5)20(22-6)13-19(18)21/h7-13H,1-6H3. The highest BCUT2D eigenvalue weighted by molar-refractivity contribution is 6.32. The van der Waals surface area contributed by atoms with Crippen LogP contribution in [-0.4, -0.2) is 7.11 Å². The van der Waals surface area contributed by atoms with Crippen molar-refractivity contribution in [2.75, 3.05) is 7.11 Å². The summed E-state index contributed by atoms with van der Waals surface area (Å²) in [5.74, 6) is 0.830. The first-order valence-corrected chi connectivity index (χ1v) is 7.78. The van der Waals surface area contributed by atoms with Gasteiger partial charge in [-0.2, -0.15) is 0 Å². The molecular formula is C20H25ClO. The van der Waals surface area contributed by atoms with Gasteiger partial charge in [-0.05, 0) is 57.4 Å². The molecular weight excluding hydrogens is 292 g/mol. The second kappa shape index (κ2) is 8.65. The average Bonchev–Trinajstić information content (AvgIpc) is 2.50. The van der Waals surface area contributed by atoms with Gasteiger partial charge in [0.1, 0.15) is 5.75 Å². The first-order chi connectivity index (χ1) is 10.4. The van der Waals surface area contributed by atoms with Crippen LogP contribution in [0.15, 0.2) is 47.6 Å². The van der Waals surface area contributed by atoms with Crippen molar-refractivity contribution in [3.63, 3.8) is 0 Å². The van der Waals surface area contributed by atoms with Crippen molar-refractivity contribution in [1.29, 1.82) is 0 Å². The van der Waals surface area contributed by atoms with Gasteiger partial charge in [0.25, 0.3) is 0 Å². The summed E-state index contributed by atoms with van der Waals surface area (Å²) >= 11 is 6.36. The molecule has 0 atom stereocenters. The van der Waals surface area contributed by atoms with Crippen LogP contribution in [0, 0.1) is 13.8 Å². The molecule has 0 aliphatic carbocycles. The van der Waals surface area contributed by atoms with Crippen molar-refractivity contribution in [3.8, 4) is 5.75 Å². The molecule has 0 N–H and O–H groups in total. The zero-order valence-corrected chi connectivity index (χ0v) is 15.1. The van der Waals surface area contributed by atoms with E-state index in [0.29, 0.717) is 5.02 Å². The summed E-state index contributed by atoms with van der Waals surface area (Å²) in [5, 5.41) is 0.712. The molecule has 0 heterocycles. The highest BCUT2D eigenvalue weighted by Gasteiger charge is 2.09. The van der Waals surface area contributed by atoms with Crippen LogP contribution in [0.3, 0.4) is 0 Å². The van der Waals surface area contributed by atoms with Gasteiger partial charge in [0, 0.05) is 0 Å². The van der Waals surface area contributed by atoms with Gasteiger partial charge >= 0.3 is 0 Å². The van der Waals surface area contributed by atoms with Crippen molar-refractivity contribution < 1.29 is 4.74 Å². The summed E-state index contributed by atoms with van der Waals surface area (Å²) in [6.07, 6.45) is 12.5. The number of rotatable bonds is 5. The third kappa shape index (κ3) is 4.92. The Morgan fingerprint density at radius 2 is 1.77 bits per heavy atom. The van der Waals surface area contributed by atoms with E-state index in [9.17, 15) is 0 Å². The van der Waals surface area contributed by atoms with Crippen LogP contribution in [0.2, 0.25) is 5.02 Å². The van der Waals surface area contributed by atoms with Crippen molar-refractivity contribution in [2.45, 2.75) is 34.6 Å². The first-order valence-electron chi connectivity index (χ1n) is 7.40. The SMILES string of the molecule is CC=C(C)C=CC=C(C)C=Cc1c(Cl)cc(OC)c(C)c1C. The molecule has 2 heteroatoms. The Balaban J connectivity index is 3.02. The molecule has 0 radical (unpaired) electrons. The summed E-state index contributed by atoms with van der Waals surface area (Å²) in [6, 6.07) is 1.87. The quantitative estimate of drug-likeness (QED) is 0.567. The molecule has 1 aromatic rings. The van der Waals surface area contributed by atoms with E-state index in [0.717, 1.165) is 22.4 Å². The summed E-state index contributed by atoms with van der Waals surface area (Å²) in [7, 11) is 1.67. The fourth-order valence-electron chi connectivity index (χ4n) is 2.00. The van der Waals surface area contributed by atoms with Crippen molar-refractivity contribution in [3.05, 3.63) is 69.3 Å².